The summed E-state index contributed by atoms with van der Waals surface area (Å²) in [5.41, 5.74) is 2.98. The lowest BCUT2D eigenvalue weighted by atomic mass is 10.1. The van der Waals surface area contributed by atoms with E-state index in [2.05, 4.69) is 10.1 Å². The van der Waals surface area contributed by atoms with Crippen molar-refractivity contribution in [2.75, 3.05) is 24.5 Å². The molecule has 2 aromatic rings. The number of carbonyl (C=O) groups excluding carboxylic acids is 1. The van der Waals surface area contributed by atoms with Crippen LogP contribution in [0.5, 0.6) is 5.75 Å². The minimum absolute atomic E-state index is 0.1000. The highest BCUT2D eigenvalue weighted by molar-refractivity contribution is 5.83. The molecule has 1 aromatic carbocycles. The summed E-state index contributed by atoms with van der Waals surface area (Å²) in [5.74, 6) is 1.69. The number of ether oxygens (including phenoxy) is 1. The van der Waals surface area contributed by atoms with Crippen LogP contribution < -0.4 is 9.64 Å². The van der Waals surface area contributed by atoms with Crippen LogP contribution in [-0.2, 0) is 11.3 Å². The number of aryl methyl sites for hydroxylation is 2. The SMILES string of the molecule is Cc1noc(C)c1CN1C[C@H](C(=O)N2CCCCC2)Oc2ccccc21. The number of fused-ring (bicyclic) bond motifs is 1. The molecule has 1 atom stereocenters. The van der Waals surface area contributed by atoms with Gasteiger partial charge in [0.25, 0.3) is 5.91 Å². The molecule has 6 heteroatoms. The van der Waals surface area contributed by atoms with E-state index >= 15 is 0 Å². The smallest absolute Gasteiger partial charge is 0.265 e. The molecule has 138 valence electrons. The van der Waals surface area contributed by atoms with Crippen molar-refractivity contribution in [1.82, 2.24) is 10.1 Å². The molecule has 0 radical (unpaired) electrons. The molecular weight excluding hydrogens is 330 g/mol. The predicted molar refractivity (Wildman–Crippen MR) is 98.3 cm³/mol. The predicted octanol–water partition coefficient (Wildman–Crippen LogP) is 3.07. The van der Waals surface area contributed by atoms with Gasteiger partial charge in [0.15, 0.2) is 6.10 Å². The van der Waals surface area contributed by atoms with Gasteiger partial charge in [-0.1, -0.05) is 17.3 Å². The number of carbonyl (C=O) groups is 1. The van der Waals surface area contributed by atoms with E-state index in [4.69, 9.17) is 9.26 Å². The van der Waals surface area contributed by atoms with Gasteiger partial charge < -0.3 is 19.1 Å². The first-order valence-corrected chi connectivity index (χ1v) is 9.34. The molecule has 1 saturated heterocycles. The Bertz CT molecular complexity index is 776. The molecule has 4 rings (SSSR count). The summed E-state index contributed by atoms with van der Waals surface area (Å²) >= 11 is 0. The van der Waals surface area contributed by atoms with Crippen molar-refractivity contribution in [2.45, 2.75) is 45.8 Å². The maximum atomic E-state index is 13.0. The number of benzene rings is 1. The molecule has 2 aliphatic rings. The molecule has 1 aromatic heterocycles. The largest absolute Gasteiger partial charge is 0.477 e. The number of hydrogen-bond donors (Lipinski definition) is 0. The Labute approximate surface area is 153 Å². The molecule has 0 N–H and O–H groups in total. The third-order valence-electron chi connectivity index (χ3n) is 5.33. The lowest BCUT2D eigenvalue weighted by Gasteiger charge is -2.38. The maximum Gasteiger partial charge on any atom is 0.265 e. The maximum absolute atomic E-state index is 13.0. The van der Waals surface area contributed by atoms with E-state index in [-0.39, 0.29) is 5.91 Å². The number of aromatic nitrogens is 1. The van der Waals surface area contributed by atoms with Crippen molar-refractivity contribution in [2.24, 2.45) is 0 Å². The van der Waals surface area contributed by atoms with Crippen LogP contribution >= 0.6 is 0 Å². The van der Waals surface area contributed by atoms with Gasteiger partial charge in [0.1, 0.15) is 11.5 Å². The number of piperidine rings is 1. The number of anilines is 1. The highest BCUT2D eigenvalue weighted by Gasteiger charge is 2.34. The summed E-state index contributed by atoms with van der Waals surface area (Å²) in [6.45, 7) is 6.75. The quantitative estimate of drug-likeness (QED) is 0.847. The lowest BCUT2D eigenvalue weighted by molar-refractivity contribution is -0.139. The zero-order valence-corrected chi connectivity index (χ0v) is 15.4. The van der Waals surface area contributed by atoms with Crippen LogP contribution in [0, 0.1) is 13.8 Å². The fraction of sp³-hybridized carbons (Fsp3) is 0.500. The minimum Gasteiger partial charge on any atom is -0.477 e. The highest BCUT2D eigenvalue weighted by atomic mass is 16.5. The van der Waals surface area contributed by atoms with Gasteiger partial charge in [-0.2, -0.15) is 0 Å². The van der Waals surface area contributed by atoms with Gasteiger partial charge in [0.2, 0.25) is 0 Å². The van der Waals surface area contributed by atoms with E-state index < -0.39 is 6.10 Å². The summed E-state index contributed by atoms with van der Waals surface area (Å²) < 4.78 is 11.4. The fourth-order valence-corrected chi connectivity index (χ4v) is 3.82. The van der Waals surface area contributed by atoms with Crippen LogP contribution in [-0.4, -0.2) is 41.7 Å². The fourth-order valence-electron chi connectivity index (χ4n) is 3.82. The van der Waals surface area contributed by atoms with Gasteiger partial charge in [0, 0.05) is 25.2 Å². The van der Waals surface area contributed by atoms with Gasteiger partial charge in [0.05, 0.1) is 17.9 Å². The Hall–Kier alpha value is -2.50. The zero-order valence-electron chi connectivity index (χ0n) is 15.4. The second-order valence-corrected chi connectivity index (χ2v) is 7.14. The Morgan fingerprint density at radius 1 is 1.19 bits per heavy atom. The van der Waals surface area contributed by atoms with Gasteiger partial charge >= 0.3 is 0 Å². The van der Waals surface area contributed by atoms with Crippen molar-refractivity contribution >= 4 is 11.6 Å². The highest BCUT2D eigenvalue weighted by Crippen LogP contribution is 2.35. The Morgan fingerprint density at radius 2 is 1.96 bits per heavy atom. The lowest BCUT2D eigenvalue weighted by Crippen LogP contribution is -2.51. The number of likely N-dealkylation sites (tertiary alicyclic amines) is 1. The van der Waals surface area contributed by atoms with Crippen LogP contribution in [0.25, 0.3) is 0 Å². The summed E-state index contributed by atoms with van der Waals surface area (Å²) in [6.07, 6.45) is 2.90. The summed E-state index contributed by atoms with van der Waals surface area (Å²) in [6, 6.07) is 7.91. The molecule has 26 heavy (non-hydrogen) atoms. The first-order valence-electron chi connectivity index (χ1n) is 9.34. The minimum atomic E-state index is -0.469. The Balaban J connectivity index is 1.59. The average Bonchev–Trinajstić information content (AvgIpc) is 3.00. The Kier molecular flexibility index (Phi) is 4.57. The molecule has 0 unspecified atom stereocenters. The van der Waals surface area contributed by atoms with Gasteiger partial charge in [-0.05, 0) is 45.2 Å². The van der Waals surface area contributed by atoms with Crippen LogP contribution in [0.3, 0.4) is 0 Å². The standard InChI is InChI=1S/C20H25N3O3/c1-14-16(15(2)26-21-14)12-23-13-19(20(24)22-10-6-3-7-11-22)25-18-9-5-4-8-17(18)23/h4-5,8-9,19H,3,6-7,10-13H2,1-2H3/t19-/m1/s1. The number of para-hydroxylation sites is 2. The second kappa shape index (κ2) is 7.02. The van der Waals surface area contributed by atoms with E-state index in [0.717, 1.165) is 54.4 Å². The molecule has 0 saturated carbocycles. The van der Waals surface area contributed by atoms with E-state index in [9.17, 15) is 4.79 Å². The van der Waals surface area contributed by atoms with Gasteiger partial charge in [-0.15, -0.1) is 0 Å². The average molecular weight is 355 g/mol. The molecule has 1 amide bonds. The molecule has 1 fully saturated rings. The zero-order chi connectivity index (χ0) is 18.1. The second-order valence-electron chi connectivity index (χ2n) is 7.14. The van der Waals surface area contributed by atoms with Crippen LogP contribution in [0.15, 0.2) is 28.8 Å². The summed E-state index contributed by atoms with van der Waals surface area (Å²) in [7, 11) is 0. The van der Waals surface area contributed by atoms with Crippen molar-refractivity contribution in [1.29, 1.82) is 0 Å². The normalized spacial score (nSPS) is 19.8. The molecule has 0 aliphatic carbocycles. The molecule has 0 bridgehead atoms. The molecule has 3 heterocycles. The summed E-state index contributed by atoms with van der Waals surface area (Å²) in [5, 5.41) is 4.06. The van der Waals surface area contributed by atoms with Crippen LogP contribution in [0.2, 0.25) is 0 Å². The van der Waals surface area contributed by atoms with Crippen molar-refractivity contribution in [3.05, 3.63) is 41.3 Å². The number of amides is 1. The number of nitrogens with zero attached hydrogens (tertiary/aromatic N) is 3. The van der Waals surface area contributed by atoms with Crippen molar-refractivity contribution in [3.63, 3.8) is 0 Å². The number of hydrogen-bond acceptors (Lipinski definition) is 5. The van der Waals surface area contributed by atoms with E-state index in [1.54, 1.807) is 0 Å². The molecule has 6 nitrogen and oxygen atoms in total. The van der Waals surface area contributed by atoms with Crippen LogP contribution in [0.1, 0.15) is 36.3 Å². The first kappa shape index (κ1) is 16.9. The first-order chi connectivity index (χ1) is 12.6. The number of rotatable bonds is 3. The van der Waals surface area contributed by atoms with Gasteiger partial charge in [-0.25, -0.2) is 0 Å². The molecule has 2 aliphatic heterocycles. The Morgan fingerprint density at radius 3 is 2.69 bits per heavy atom. The van der Waals surface area contributed by atoms with E-state index in [1.807, 2.05) is 43.0 Å². The van der Waals surface area contributed by atoms with E-state index in [0.29, 0.717) is 13.1 Å². The third kappa shape index (κ3) is 3.16. The molecular formula is C20H25N3O3. The molecule has 0 spiro atoms. The topological polar surface area (TPSA) is 58.8 Å². The third-order valence-corrected chi connectivity index (χ3v) is 5.33. The van der Waals surface area contributed by atoms with E-state index in [1.165, 1.54) is 6.42 Å². The summed E-state index contributed by atoms with van der Waals surface area (Å²) in [4.78, 5) is 17.1. The van der Waals surface area contributed by atoms with Gasteiger partial charge in [-0.3, -0.25) is 4.79 Å². The van der Waals surface area contributed by atoms with Crippen LogP contribution in [0.4, 0.5) is 5.69 Å². The monoisotopic (exact) mass is 355 g/mol. The van der Waals surface area contributed by atoms with Crippen molar-refractivity contribution < 1.29 is 14.1 Å². The van der Waals surface area contributed by atoms with Crippen molar-refractivity contribution in [3.8, 4) is 5.75 Å².